The maximum Gasteiger partial charge on any atom is 0.0541 e. The van der Waals surface area contributed by atoms with Gasteiger partial charge in [0.15, 0.2) is 0 Å². The van der Waals surface area contributed by atoms with E-state index in [1.54, 1.807) is 0 Å². The van der Waals surface area contributed by atoms with Crippen LogP contribution in [0.3, 0.4) is 0 Å². The summed E-state index contributed by atoms with van der Waals surface area (Å²) in [7, 11) is 0. The van der Waals surface area contributed by atoms with Crippen LogP contribution in [0.2, 0.25) is 0 Å². The SMILES string of the molecule is Cc1ccc(-c2cc3c4cc(C)sc4c4c(C)c(C)sc4c3s2)s1. The summed E-state index contributed by atoms with van der Waals surface area (Å²) in [4.78, 5) is 7.04. The van der Waals surface area contributed by atoms with Crippen LogP contribution in [-0.4, -0.2) is 0 Å². The number of hydrogen-bond acceptors (Lipinski definition) is 4. The van der Waals surface area contributed by atoms with E-state index in [-0.39, 0.29) is 0 Å². The lowest BCUT2D eigenvalue weighted by atomic mass is 10.1. The Bertz CT molecular complexity index is 1240. The van der Waals surface area contributed by atoms with Crippen LogP contribution in [0, 0.1) is 27.7 Å². The predicted molar refractivity (Wildman–Crippen MR) is 115 cm³/mol. The monoisotopic (exact) mass is 384 g/mol. The smallest absolute Gasteiger partial charge is 0.0541 e. The standard InChI is InChI=1S/C20H16S4/c1-9-5-6-15(21-9)16-8-14-13-7-10(2)22-18(13)17-11(3)12(4)23-20(17)19(14)24-16/h5-8H,1-4H3. The molecule has 0 fully saturated rings. The van der Waals surface area contributed by atoms with Gasteiger partial charge in [-0.15, -0.1) is 45.3 Å². The molecule has 0 nitrogen and oxygen atoms in total. The van der Waals surface area contributed by atoms with Crippen LogP contribution in [0.25, 0.3) is 40.0 Å². The highest BCUT2D eigenvalue weighted by molar-refractivity contribution is 7.31. The fourth-order valence-corrected chi connectivity index (χ4v) is 8.05. The van der Waals surface area contributed by atoms with Crippen LogP contribution in [0.1, 0.15) is 20.2 Å². The molecule has 0 amide bonds. The van der Waals surface area contributed by atoms with Gasteiger partial charge in [-0.05, 0) is 57.5 Å². The molecule has 0 unspecified atom stereocenters. The Kier molecular flexibility index (Phi) is 3.24. The first kappa shape index (κ1) is 15.1. The number of rotatable bonds is 1. The number of thiophene rings is 4. The average Bonchev–Trinajstić information content (AvgIpc) is 3.26. The van der Waals surface area contributed by atoms with Gasteiger partial charge in [0.25, 0.3) is 0 Å². The normalized spacial score (nSPS) is 12.2. The van der Waals surface area contributed by atoms with Gasteiger partial charge >= 0.3 is 0 Å². The number of aryl methyl sites for hydroxylation is 4. The molecule has 5 rings (SSSR count). The van der Waals surface area contributed by atoms with E-state index in [9.17, 15) is 0 Å². The maximum atomic E-state index is 2.42. The second-order valence-corrected chi connectivity index (χ2v) is 11.2. The topological polar surface area (TPSA) is 0 Å². The van der Waals surface area contributed by atoms with Gasteiger partial charge in [-0.2, -0.15) is 0 Å². The van der Waals surface area contributed by atoms with Gasteiger partial charge < -0.3 is 0 Å². The lowest BCUT2D eigenvalue weighted by molar-refractivity contribution is 1.48. The van der Waals surface area contributed by atoms with E-state index in [0.717, 1.165) is 0 Å². The summed E-state index contributed by atoms with van der Waals surface area (Å²) in [6, 6.07) is 9.29. The molecule has 0 aliphatic carbocycles. The summed E-state index contributed by atoms with van der Waals surface area (Å²) in [6.45, 7) is 8.96. The molecule has 0 aliphatic rings. The molecule has 1 aromatic carbocycles. The van der Waals surface area contributed by atoms with Crippen molar-refractivity contribution in [2.75, 3.05) is 0 Å². The van der Waals surface area contributed by atoms with E-state index in [2.05, 4.69) is 52.0 Å². The van der Waals surface area contributed by atoms with Gasteiger partial charge in [0.1, 0.15) is 0 Å². The maximum absolute atomic E-state index is 2.42. The van der Waals surface area contributed by atoms with Gasteiger partial charge in [-0.1, -0.05) is 0 Å². The summed E-state index contributed by atoms with van der Waals surface area (Å²) in [5.74, 6) is 0. The second-order valence-electron chi connectivity index (χ2n) is 6.35. The first-order valence-electron chi connectivity index (χ1n) is 7.95. The van der Waals surface area contributed by atoms with Crippen LogP contribution in [0.5, 0.6) is 0 Å². The van der Waals surface area contributed by atoms with E-state index < -0.39 is 0 Å². The van der Waals surface area contributed by atoms with Gasteiger partial charge in [0.2, 0.25) is 0 Å². The fraction of sp³-hybridized carbons (Fsp3) is 0.200. The van der Waals surface area contributed by atoms with Gasteiger partial charge in [-0.25, -0.2) is 0 Å². The first-order valence-corrected chi connectivity index (χ1v) is 11.2. The predicted octanol–water partition coefficient (Wildman–Crippen LogP) is 8.29. The Hall–Kier alpha value is -1.20. The van der Waals surface area contributed by atoms with Crippen molar-refractivity contribution < 1.29 is 0 Å². The highest BCUT2D eigenvalue weighted by atomic mass is 32.1. The summed E-state index contributed by atoms with van der Waals surface area (Å²) >= 11 is 7.78. The molecule has 0 atom stereocenters. The molecule has 24 heavy (non-hydrogen) atoms. The minimum absolute atomic E-state index is 1.38. The lowest BCUT2D eigenvalue weighted by Gasteiger charge is -1.98. The highest BCUT2D eigenvalue weighted by Gasteiger charge is 2.19. The zero-order valence-electron chi connectivity index (χ0n) is 13.9. The first-order chi connectivity index (χ1) is 11.5. The molecule has 0 saturated heterocycles. The van der Waals surface area contributed by atoms with Crippen molar-refractivity contribution in [3.8, 4) is 9.75 Å². The molecule has 0 N–H and O–H groups in total. The van der Waals surface area contributed by atoms with E-state index >= 15 is 0 Å². The molecular formula is C20H16S4. The quantitative estimate of drug-likeness (QED) is 0.273. The van der Waals surface area contributed by atoms with E-state index in [0.29, 0.717) is 0 Å². The van der Waals surface area contributed by atoms with Crippen molar-refractivity contribution in [2.45, 2.75) is 27.7 Å². The van der Waals surface area contributed by atoms with Crippen LogP contribution < -0.4 is 0 Å². The molecule has 4 heterocycles. The van der Waals surface area contributed by atoms with E-state index in [1.165, 1.54) is 60.2 Å². The van der Waals surface area contributed by atoms with Crippen LogP contribution in [-0.2, 0) is 0 Å². The van der Waals surface area contributed by atoms with Crippen molar-refractivity contribution in [3.05, 3.63) is 44.5 Å². The third kappa shape index (κ3) is 2.00. The third-order valence-corrected chi connectivity index (χ3v) is 9.45. The van der Waals surface area contributed by atoms with Crippen LogP contribution >= 0.6 is 45.3 Å². The molecule has 5 aromatic rings. The highest BCUT2D eigenvalue weighted by Crippen LogP contribution is 2.49. The second kappa shape index (κ2) is 5.15. The molecule has 120 valence electrons. The Balaban J connectivity index is 1.99. The molecule has 0 spiro atoms. The van der Waals surface area contributed by atoms with Crippen LogP contribution in [0.4, 0.5) is 0 Å². The molecular weight excluding hydrogens is 368 g/mol. The summed E-state index contributed by atoms with van der Waals surface area (Å²) in [5, 5.41) is 4.37. The largest absolute Gasteiger partial charge is 0.140 e. The molecule has 0 radical (unpaired) electrons. The number of hydrogen-bond donors (Lipinski definition) is 0. The van der Waals surface area contributed by atoms with Crippen molar-refractivity contribution >= 4 is 75.6 Å². The van der Waals surface area contributed by atoms with Crippen molar-refractivity contribution in [2.24, 2.45) is 0 Å². The zero-order valence-corrected chi connectivity index (χ0v) is 17.2. The number of fused-ring (bicyclic) bond motifs is 6. The molecule has 0 aliphatic heterocycles. The van der Waals surface area contributed by atoms with E-state index in [1.807, 2.05) is 45.3 Å². The minimum Gasteiger partial charge on any atom is -0.140 e. The average molecular weight is 385 g/mol. The minimum atomic E-state index is 1.38. The Morgan fingerprint density at radius 3 is 2.17 bits per heavy atom. The van der Waals surface area contributed by atoms with Crippen molar-refractivity contribution in [1.82, 2.24) is 0 Å². The molecule has 4 heteroatoms. The Morgan fingerprint density at radius 2 is 1.42 bits per heavy atom. The van der Waals surface area contributed by atoms with Gasteiger partial charge in [0, 0.05) is 45.2 Å². The summed E-state index contributed by atoms with van der Waals surface area (Å²) < 4.78 is 4.43. The summed E-state index contributed by atoms with van der Waals surface area (Å²) in [5.41, 5.74) is 1.46. The molecule has 4 aromatic heterocycles. The van der Waals surface area contributed by atoms with Crippen LogP contribution in [0.15, 0.2) is 24.3 Å². The Labute approximate surface area is 157 Å². The van der Waals surface area contributed by atoms with Gasteiger partial charge in [0.05, 0.1) is 9.40 Å². The third-order valence-electron chi connectivity index (χ3n) is 4.68. The lowest BCUT2D eigenvalue weighted by Crippen LogP contribution is -1.73. The van der Waals surface area contributed by atoms with Gasteiger partial charge in [-0.3, -0.25) is 0 Å². The van der Waals surface area contributed by atoms with E-state index in [4.69, 9.17) is 0 Å². The molecule has 0 bridgehead atoms. The number of benzene rings is 1. The zero-order chi connectivity index (χ0) is 16.6. The molecule has 0 saturated carbocycles. The van der Waals surface area contributed by atoms with Crippen molar-refractivity contribution in [3.63, 3.8) is 0 Å². The summed E-state index contributed by atoms with van der Waals surface area (Å²) in [6.07, 6.45) is 0. The Morgan fingerprint density at radius 1 is 0.625 bits per heavy atom. The van der Waals surface area contributed by atoms with Crippen molar-refractivity contribution in [1.29, 1.82) is 0 Å². The fourth-order valence-electron chi connectivity index (χ4n) is 3.41.